The van der Waals surface area contributed by atoms with Crippen LogP contribution in [0.4, 0.5) is 10.1 Å². The molecule has 0 bridgehead atoms. The molecule has 0 amide bonds. The molecule has 0 aliphatic heterocycles. The zero-order valence-electron chi connectivity index (χ0n) is 7.70. The van der Waals surface area contributed by atoms with Crippen LogP contribution < -0.4 is 10.5 Å². The first-order valence-electron chi connectivity index (χ1n) is 4.08. The molecule has 4 nitrogen and oxygen atoms in total. The Bertz CT molecular complexity index is 450. The number of anilines is 1. The molecule has 0 saturated carbocycles. The van der Waals surface area contributed by atoms with Crippen molar-refractivity contribution in [2.45, 2.75) is 0 Å². The Hall–Kier alpha value is -0.850. The van der Waals surface area contributed by atoms with Crippen molar-refractivity contribution < 1.29 is 12.8 Å². The van der Waals surface area contributed by atoms with Gasteiger partial charge in [-0.15, -0.1) is 0 Å². The first-order valence-corrected chi connectivity index (χ1v) is 6.17. The predicted molar refractivity (Wildman–Crippen MR) is 57.9 cm³/mol. The molecule has 0 fully saturated rings. The van der Waals surface area contributed by atoms with Crippen LogP contribution in [0.15, 0.2) is 18.2 Å². The minimum atomic E-state index is -3.53. The van der Waals surface area contributed by atoms with Gasteiger partial charge in [0.15, 0.2) is 0 Å². The van der Waals surface area contributed by atoms with Crippen molar-refractivity contribution in [2.75, 3.05) is 17.6 Å². The zero-order valence-corrected chi connectivity index (χ0v) is 9.28. The molecule has 0 aliphatic carbocycles. The van der Waals surface area contributed by atoms with E-state index in [2.05, 4.69) is 5.32 Å². The Labute approximate surface area is 92.3 Å². The number of benzene rings is 1. The number of hydrogen-bond donors (Lipinski definition) is 2. The monoisotopic (exact) mass is 252 g/mol. The van der Waals surface area contributed by atoms with E-state index in [1.54, 1.807) is 0 Å². The molecule has 1 rings (SSSR count). The van der Waals surface area contributed by atoms with Crippen molar-refractivity contribution in [3.8, 4) is 0 Å². The number of hydrogen-bond acceptors (Lipinski definition) is 3. The van der Waals surface area contributed by atoms with Gasteiger partial charge in [-0.25, -0.2) is 17.9 Å². The summed E-state index contributed by atoms with van der Waals surface area (Å²) in [7, 11) is -3.53. The number of nitrogens with two attached hydrogens (primary N) is 1. The van der Waals surface area contributed by atoms with Crippen LogP contribution in [-0.4, -0.2) is 20.7 Å². The Balaban J connectivity index is 2.59. The molecule has 0 saturated heterocycles. The number of primary sulfonamides is 1. The first-order chi connectivity index (χ1) is 6.88. The van der Waals surface area contributed by atoms with Gasteiger partial charge in [0, 0.05) is 11.6 Å². The summed E-state index contributed by atoms with van der Waals surface area (Å²) in [5, 5.41) is 7.66. The highest BCUT2D eigenvalue weighted by Crippen LogP contribution is 2.18. The predicted octanol–water partition coefficient (Wildman–Crippen LogP) is 1.18. The highest BCUT2D eigenvalue weighted by Gasteiger charge is 2.05. The van der Waals surface area contributed by atoms with Gasteiger partial charge < -0.3 is 5.32 Å². The second kappa shape index (κ2) is 4.78. The topological polar surface area (TPSA) is 72.2 Å². The van der Waals surface area contributed by atoms with Crippen LogP contribution in [0.1, 0.15) is 0 Å². The molecule has 0 heterocycles. The summed E-state index contributed by atoms with van der Waals surface area (Å²) in [5.41, 5.74) is 0.197. The third-order valence-corrected chi connectivity index (χ3v) is 2.64. The average Bonchev–Trinajstić information content (AvgIpc) is 2.07. The highest BCUT2D eigenvalue weighted by atomic mass is 35.5. The van der Waals surface area contributed by atoms with Gasteiger partial charge in [-0.1, -0.05) is 11.6 Å². The van der Waals surface area contributed by atoms with E-state index in [0.29, 0.717) is 0 Å². The molecule has 3 N–H and O–H groups in total. The van der Waals surface area contributed by atoms with E-state index in [1.165, 1.54) is 12.1 Å². The summed E-state index contributed by atoms with van der Waals surface area (Å²) in [6.45, 7) is 0.0530. The van der Waals surface area contributed by atoms with E-state index in [-0.39, 0.29) is 23.0 Å². The van der Waals surface area contributed by atoms with Crippen molar-refractivity contribution in [3.05, 3.63) is 29.0 Å². The number of halogens is 2. The van der Waals surface area contributed by atoms with Crippen molar-refractivity contribution in [1.29, 1.82) is 0 Å². The Kier molecular flexibility index (Phi) is 3.90. The smallest absolute Gasteiger partial charge is 0.210 e. The van der Waals surface area contributed by atoms with Crippen molar-refractivity contribution in [3.63, 3.8) is 0 Å². The lowest BCUT2D eigenvalue weighted by Crippen LogP contribution is -2.22. The van der Waals surface area contributed by atoms with E-state index in [0.717, 1.165) is 6.07 Å². The van der Waals surface area contributed by atoms with Gasteiger partial charge in [-0.05, 0) is 18.2 Å². The number of nitrogens with one attached hydrogen (secondary N) is 1. The van der Waals surface area contributed by atoms with Crippen molar-refractivity contribution >= 4 is 27.3 Å². The maximum Gasteiger partial charge on any atom is 0.210 e. The lowest BCUT2D eigenvalue weighted by molar-refractivity contribution is 0.597. The molecule has 0 unspecified atom stereocenters. The van der Waals surface area contributed by atoms with Crippen LogP contribution in [0, 0.1) is 5.82 Å². The fraction of sp³-hybridized carbons (Fsp3) is 0.250. The summed E-state index contributed by atoms with van der Waals surface area (Å²) in [4.78, 5) is 0. The molecular weight excluding hydrogens is 243 g/mol. The van der Waals surface area contributed by atoms with Gasteiger partial charge in [0.1, 0.15) is 5.82 Å². The van der Waals surface area contributed by atoms with Gasteiger partial charge in [0.2, 0.25) is 10.0 Å². The third kappa shape index (κ3) is 4.46. The van der Waals surface area contributed by atoms with E-state index in [9.17, 15) is 12.8 Å². The Morgan fingerprint density at radius 3 is 2.67 bits per heavy atom. The van der Waals surface area contributed by atoms with Crippen molar-refractivity contribution in [2.24, 2.45) is 5.14 Å². The summed E-state index contributed by atoms with van der Waals surface area (Å²) in [6.07, 6.45) is 0. The largest absolute Gasteiger partial charge is 0.382 e. The van der Waals surface area contributed by atoms with Crippen LogP contribution in [0.3, 0.4) is 0 Å². The maximum atomic E-state index is 13.1. The molecule has 0 radical (unpaired) electrons. The molecule has 0 aliphatic rings. The molecular formula is C8H10ClFN2O2S. The van der Waals surface area contributed by atoms with Crippen molar-refractivity contribution in [1.82, 2.24) is 0 Å². The van der Waals surface area contributed by atoms with Gasteiger partial charge in [0.25, 0.3) is 0 Å². The summed E-state index contributed by atoms with van der Waals surface area (Å²) >= 11 is 5.54. The Morgan fingerprint density at radius 2 is 2.13 bits per heavy atom. The minimum absolute atomic E-state index is 0.0530. The van der Waals surface area contributed by atoms with Gasteiger partial charge in [-0.3, -0.25) is 0 Å². The van der Waals surface area contributed by atoms with E-state index in [4.69, 9.17) is 16.7 Å². The average molecular weight is 253 g/mol. The van der Waals surface area contributed by atoms with E-state index < -0.39 is 15.8 Å². The molecule has 0 aromatic heterocycles. The minimum Gasteiger partial charge on any atom is -0.382 e. The normalized spacial score (nSPS) is 11.4. The van der Waals surface area contributed by atoms with Crippen LogP contribution >= 0.6 is 11.6 Å². The van der Waals surface area contributed by atoms with Crippen LogP contribution in [-0.2, 0) is 10.0 Å². The molecule has 1 aromatic rings. The fourth-order valence-electron chi connectivity index (χ4n) is 0.961. The molecule has 15 heavy (non-hydrogen) atoms. The van der Waals surface area contributed by atoms with Crippen LogP contribution in [0.2, 0.25) is 5.02 Å². The third-order valence-electron chi connectivity index (χ3n) is 1.63. The highest BCUT2D eigenvalue weighted by molar-refractivity contribution is 7.89. The van der Waals surface area contributed by atoms with Gasteiger partial charge in [0.05, 0.1) is 11.4 Å². The zero-order chi connectivity index (χ0) is 11.5. The number of rotatable bonds is 4. The standard InChI is InChI=1S/C8H10ClFN2O2S/c9-6-1-2-8(7(10)5-6)12-3-4-15(11,13)14/h1-2,5,12H,3-4H2,(H2,11,13,14). The second-order valence-corrected chi connectivity index (χ2v) is 5.09. The summed E-state index contributed by atoms with van der Waals surface area (Å²) in [5.74, 6) is -0.786. The summed E-state index contributed by atoms with van der Waals surface area (Å²) < 4.78 is 34.3. The van der Waals surface area contributed by atoms with Crippen LogP contribution in [0.25, 0.3) is 0 Å². The summed E-state index contributed by atoms with van der Waals surface area (Å²) in [6, 6.07) is 4.07. The van der Waals surface area contributed by atoms with Gasteiger partial charge in [-0.2, -0.15) is 0 Å². The van der Waals surface area contributed by atoms with Gasteiger partial charge >= 0.3 is 0 Å². The number of sulfonamides is 1. The molecule has 7 heteroatoms. The van der Waals surface area contributed by atoms with Crippen LogP contribution in [0.5, 0.6) is 0 Å². The fourth-order valence-corrected chi connectivity index (χ4v) is 1.51. The SMILES string of the molecule is NS(=O)(=O)CCNc1ccc(Cl)cc1F. The lowest BCUT2D eigenvalue weighted by Gasteiger charge is -2.06. The molecule has 0 spiro atoms. The van der Waals surface area contributed by atoms with E-state index in [1.807, 2.05) is 0 Å². The maximum absolute atomic E-state index is 13.1. The molecule has 0 atom stereocenters. The molecule has 1 aromatic carbocycles. The second-order valence-electron chi connectivity index (χ2n) is 2.92. The first kappa shape index (κ1) is 12.2. The van der Waals surface area contributed by atoms with E-state index >= 15 is 0 Å². The lowest BCUT2D eigenvalue weighted by atomic mass is 10.3. The molecule has 84 valence electrons. The Morgan fingerprint density at radius 1 is 1.47 bits per heavy atom. The quantitative estimate of drug-likeness (QED) is 0.845.